The van der Waals surface area contributed by atoms with E-state index in [1.54, 1.807) is 12.1 Å². The second kappa shape index (κ2) is 5.82. The van der Waals surface area contributed by atoms with E-state index in [9.17, 15) is 4.79 Å². The number of carbonyl (C=O) groups excluding carboxylic acids is 1. The van der Waals surface area contributed by atoms with Crippen LogP contribution in [-0.2, 0) is 4.79 Å². The summed E-state index contributed by atoms with van der Waals surface area (Å²) in [4.78, 5) is 15.6. The van der Waals surface area contributed by atoms with Crippen LogP contribution in [0.25, 0.3) is 0 Å². The lowest BCUT2D eigenvalue weighted by Crippen LogP contribution is -2.40. The second-order valence-electron chi connectivity index (χ2n) is 3.77. The summed E-state index contributed by atoms with van der Waals surface area (Å²) in [7, 11) is 0. The van der Waals surface area contributed by atoms with Gasteiger partial charge in [-0.15, -0.1) is 0 Å². The Morgan fingerprint density at radius 2 is 2.31 bits per heavy atom. The van der Waals surface area contributed by atoms with Crippen LogP contribution in [0.2, 0.25) is 5.15 Å². The largest absolute Gasteiger partial charge is 0.323 e. The summed E-state index contributed by atoms with van der Waals surface area (Å²) in [6, 6.07) is 2.81. The van der Waals surface area contributed by atoms with E-state index in [0.29, 0.717) is 10.8 Å². The van der Waals surface area contributed by atoms with E-state index in [2.05, 4.69) is 10.3 Å². The zero-order chi connectivity index (χ0) is 12.1. The van der Waals surface area contributed by atoms with Crippen molar-refractivity contribution < 1.29 is 4.79 Å². The van der Waals surface area contributed by atoms with Crippen molar-refractivity contribution in [3.63, 3.8) is 0 Å². The Balaban J connectivity index is 2.60. The molecule has 0 saturated heterocycles. The first kappa shape index (κ1) is 12.9. The highest BCUT2D eigenvalue weighted by atomic mass is 35.5. The second-order valence-corrected chi connectivity index (χ2v) is 4.16. The van der Waals surface area contributed by atoms with Crippen LogP contribution >= 0.6 is 11.6 Å². The molecule has 1 aromatic heterocycles. The van der Waals surface area contributed by atoms with E-state index in [4.69, 9.17) is 17.3 Å². The van der Waals surface area contributed by atoms with Gasteiger partial charge in [0, 0.05) is 0 Å². The van der Waals surface area contributed by atoms with Crippen LogP contribution in [-0.4, -0.2) is 16.9 Å². The Labute approximate surface area is 100 Å². The van der Waals surface area contributed by atoms with Crippen LogP contribution < -0.4 is 11.1 Å². The Morgan fingerprint density at radius 3 is 2.81 bits per heavy atom. The molecule has 16 heavy (non-hydrogen) atoms. The van der Waals surface area contributed by atoms with E-state index in [1.165, 1.54) is 6.20 Å². The predicted molar refractivity (Wildman–Crippen MR) is 65.3 cm³/mol. The number of hydrogen-bond donors (Lipinski definition) is 2. The molecule has 0 fully saturated rings. The number of nitrogens with two attached hydrogens (primary N) is 1. The minimum Gasteiger partial charge on any atom is -0.323 e. The van der Waals surface area contributed by atoms with Crippen LogP contribution in [0.1, 0.15) is 20.3 Å². The minimum absolute atomic E-state index is 0.153. The molecule has 0 spiro atoms. The number of rotatable bonds is 4. The first-order valence-electron chi connectivity index (χ1n) is 5.22. The van der Waals surface area contributed by atoms with Crippen molar-refractivity contribution in [2.45, 2.75) is 26.3 Å². The van der Waals surface area contributed by atoms with E-state index < -0.39 is 6.04 Å². The van der Waals surface area contributed by atoms with Gasteiger partial charge in [0.2, 0.25) is 5.91 Å². The third-order valence-corrected chi connectivity index (χ3v) is 2.78. The first-order chi connectivity index (χ1) is 7.54. The van der Waals surface area contributed by atoms with E-state index in [-0.39, 0.29) is 11.8 Å². The number of hydrogen-bond acceptors (Lipinski definition) is 3. The van der Waals surface area contributed by atoms with Crippen LogP contribution in [0.15, 0.2) is 18.3 Å². The van der Waals surface area contributed by atoms with Gasteiger partial charge in [0.25, 0.3) is 0 Å². The van der Waals surface area contributed by atoms with Crippen molar-refractivity contribution in [1.82, 2.24) is 4.98 Å². The zero-order valence-corrected chi connectivity index (χ0v) is 10.2. The van der Waals surface area contributed by atoms with Gasteiger partial charge < -0.3 is 11.1 Å². The number of pyridine rings is 1. The molecule has 0 aromatic carbocycles. The molecule has 5 heteroatoms. The maximum Gasteiger partial charge on any atom is 0.241 e. The van der Waals surface area contributed by atoms with Gasteiger partial charge in [-0.05, 0) is 18.1 Å². The zero-order valence-electron chi connectivity index (χ0n) is 9.40. The molecule has 0 aliphatic carbocycles. The molecule has 0 bridgehead atoms. The quantitative estimate of drug-likeness (QED) is 0.793. The summed E-state index contributed by atoms with van der Waals surface area (Å²) in [6.45, 7) is 3.95. The normalized spacial score (nSPS) is 14.2. The number of nitrogens with one attached hydrogen (secondary N) is 1. The molecular formula is C11H16ClN3O. The fourth-order valence-electron chi connectivity index (χ4n) is 1.19. The summed E-state index contributed by atoms with van der Waals surface area (Å²) < 4.78 is 0. The Bertz CT molecular complexity index is 353. The molecule has 0 unspecified atom stereocenters. The van der Waals surface area contributed by atoms with Crippen molar-refractivity contribution in [3.05, 3.63) is 23.5 Å². The summed E-state index contributed by atoms with van der Waals surface area (Å²) in [5.74, 6) is -0.0428. The molecule has 0 saturated carbocycles. The topological polar surface area (TPSA) is 68.0 Å². The highest BCUT2D eigenvalue weighted by Crippen LogP contribution is 2.12. The van der Waals surface area contributed by atoms with Crippen molar-refractivity contribution in [3.8, 4) is 0 Å². The smallest absolute Gasteiger partial charge is 0.241 e. The summed E-state index contributed by atoms with van der Waals surface area (Å²) in [6.07, 6.45) is 2.37. The van der Waals surface area contributed by atoms with Crippen LogP contribution in [0.3, 0.4) is 0 Å². The molecule has 4 nitrogen and oxygen atoms in total. The van der Waals surface area contributed by atoms with Gasteiger partial charge in [0.1, 0.15) is 5.15 Å². The average molecular weight is 242 g/mol. The fourth-order valence-corrected chi connectivity index (χ4v) is 1.30. The van der Waals surface area contributed by atoms with Gasteiger partial charge in [0.05, 0.1) is 17.9 Å². The van der Waals surface area contributed by atoms with Gasteiger partial charge in [-0.25, -0.2) is 4.98 Å². The van der Waals surface area contributed by atoms with Crippen LogP contribution in [0.5, 0.6) is 0 Å². The molecule has 1 aromatic rings. The van der Waals surface area contributed by atoms with Crippen molar-refractivity contribution >= 4 is 23.2 Å². The first-order valence-corrected chi connectivity index (χ1v) is 5.60. The van der Waals surface area contributed by atoms with Crippen molar-refractivity contribution in [2.75, 3.05) is 5.32 Å². The molecule has 0 radical (unpaired) electrons. The van der Waals surface area contributed by atoms with E-state index >= 15 is 0 Å². The Kier molecular flexibility index (Phi) is 4.71. The SMILES string of the molecule is CC[C@H](C)[C@H](N)C(=O)Nc1ccc(Cl)nc1. The number of carbonyl (C=O) groups is 1. The van der Waals surface area contributed by atoms with E-state index in [1.807, 2.05) is 13.8 Å². The van der Waals surface area contributed by atoms with Crippen molar-refractivity contribution in [2.24, 2.45) is 11.7 Å². The Morgan fingerprint density at radius 1 is 1.62 bits per heavy atom. The number of halogens is 1. The fraction of sp³-hybridized carbons (Fsp3) is 0.455. The third kappa shape index (κ3) is 3.47. The summed E-state index contributed by atoms with van der Waals surface area (Å²) in [5, 5.41) is 3.09. The molecule has 1 heterocycles. The molecule has 88 valence electrons. The highest BCUT2D eigenvalue weighted by Gasteiger charge is 2.19. The van der Waals surface area contributed by atoms with Gasteiger partial charge in [-0.2, -0.15) is 0 Å². The third-order valence-electron chi connectivity index (χ3n) is 2.55. The molecular weight excluding hydrogens is 226 g/mol. The van der Waals surface area contributed by atoms with Crippen LogP contribution in [0.4, 0.5) is 5.69 Å². The predicted octanol–water partition coefficient (Wildman–Crippen LogP) is 2.05. The number of anilines is 1. The standard InChI is InChI=1S/C11H16ClN3O/c1-3-7(2)10(13)11(16)15-8-4-5-9(12)14-6-8/h4-7,10H,3,13H2,1-2H3,(H,15,16)/t7-,10-/m0/s1. The summed E-state index contributed by atoms with van der Waals surface area (Å²) in [5.41, 5.74) is 6.40. The number of nitrogens with zero attached hydrogens (tertiary/aromatic N) is 1. The van der Waals surface area contributed by atoms with Gasteiger partial charge in [0.15, 0.2) is 0 Å². The average Bonchev–Trinajstić information content (AvgIpc) is 2.30. The Hall–Kier alpha value is -1.13. The van der Waals surface area contributed by atoms with Crippen LogP contribution in [0, 0.1) is 5.92 Å². The lowest BCUT2D eigenvalue weighted by Gasteiger charge is -2.17. The van der Waals surface area contributed by atoms with Crippen molar-refractivity contribution in [1.29, 1.82) is 0 Å². The molecule has 3 N–H and O–H groups in total. The maximum atomic E-state index is 11.7. The highest BCUT2D eigenvalue weighted by molar-refractivity contribution is 6.29. The summed E-state index contributed by atoms with van der Waals surface area (Å²) >= 11 is 5.64. The molecule has 0 aliphatic heterocycles. The lowest BCUT2D eigenvalue weighted by atomic mass is 9.99. The minimum atomic E-state index is -0.499. The van der Waals surface area contributed by atoms with Gasteiger partial charge >= 0.3 is 0 Å². The molecule has 1 amide bonds. The maximum absolute atomic E-state index is 11.7. The monoisotopic (exact) mass is 241 g/mol. The van der Waals surface area contributed by atoms with Gasteiger partial charge in [-0.3, -0.25) is 4.79 Å². The lowest BCUT2D eigenvalue weighted by molar-refractivity contribution is -0.118. The number of aromatic nitrogens is 1. The molecule has 1 rings (SSSR count). The van der Waals surface area contributed by atoms with E-state index in [0.717, 1.165) is 6.42 Å². The number of amides is 1. The molecule has 2 atom stereocenters. The van der Waals surface area contributed by atoms with Gasteiger partial charge in [-0.1, -0.05) is 31.9 Å². The molecule has 0 aliphatic rings.